The molecule has 1 heterocycles. The Bertz CT molecular complexity index is 451. The predicted molar refractivity (Wildman–Crippen MR) is 95.0 cm³/mol. The maximum absolute atomic E-state index is 12.6. The largest absolute Gasteiger partial charge is 0.481 e. The van der Waals surface area contributed by atoms with Gasteiger partial charge >= 0.3 is 5.97 Å². The highest BCUT2D eigenvalue weighted by atomic mass is 32.2. The second-order valence-corrected chi connectivity index (χ2v) is 7.85. The number of nitrogens with one attached hydrogen (secondary N) is 1. The Morgan fingerprint density at radius 3 is 2.58 bits per heavy atom. The highest BCUT2D eigenvalue weighted by Crippen LogP contribution is 2.52. The smallest absolute Gasteiger partial charge is 0.311 e. The molecule has 0 aromatic rings. The summed E-state index contributed by atoms with van der Waals surface area (Å²) < 4.78 is 0. The number of rotatable bonds is 10. The standard InChI is InChI=1S/C16H31N3O4S/c1-4-16(7-5-8-18-23)11-19(10-15(16,2)14(21)22)13(20)12(17)6-9-24-3/h12,18,23H,4-11,17H2,1-3H3,(H,21,22). The average Bonchev–Trinajstić information content (AvgIpc) is 2.87. The van der Waals surface area contributed by atoms with E-state index in [9.17, 15) is 14.7 Å². The molecule has 5 N–H and O–H groups in total. The zero-order valence-electron chi connectivity index (χ0n) is 14.9. The van der Waals surface area contributed by atoms with E-state index in [4.69, 9.17) is 10.9 Å². The van der Waals surface area contributed by atoms with Crippen molar-refractivity contribution in [3.63, 3.8) is 0 Å². The van der Waals surface area contributed by atoms with E-state index in [0.29, 0.717) is 38.8 Å². The van der Waals surface area contributed by atoms with E-state index in [1.54, 1.807) is 23.6 Å². The molecule has 0 radical (unpaired) electrons. The molecule has 0 saturated carbocycles. The summed E-state index contributed by atoms with van der Waals surface area (Å²) in [5, 5.41) is 18.6. The first-order chi connectivity index (χ1) is 11.3. The highest BCUT2D eigenvalue weighted by molar-refractivity contribution is 7.98. The van der Waals surface area contributed by atoms with E-state index in [1.807, 2.05) is 13.2 Å². The lowest BCUT2D eigenvalue weighted by molar-refractivity contribution is -0.154. The van der Waals surface area contributed by atoms with Crippen LogP contribution in [0.5, 0.6) is 0 Å². The fourth-order valence-electron chi connectivity index (χ4n) is 3.74. The Morgan fingerprint density at radius 2 is 2.08 bits per heavy atom. The van der Waals surface area contributed by atoms with E-state index in [-0.39, 0.29) is 12.5 Å². The maximum Gasteiger partial charge on any atom is 0.311 e. The molecule has 0 spiro atoms. The van der Waals surface area contributed by atoms with Gasteiger partial charge in [-0.25, -0.2) is 5.48 Å². The van der Waals surface area contributed by atoms with Crippen molar-refractivity contribution < 1.29 is 19.9 Å². The number of amides is 1. The third kappa shape index (κ3) is 4.22. The number of carboxylic acids is 1. The van der Waals surface area contributed by atoms with Crippen molar-refractivity contribution in [3.8, 4) is 0 Å². The van der Waals surface area contributed by atoms with Gasteiger partial charge in [-0.1, -0.05) is 6.92 Å². The molecule has 140 valence electrons. The van der Waals surface area contributed by atoms with Crippen molar-refractivity contribution in [2.24, 2.45) is 16.6 Å². The maximum atomic E-state index is 12.6. The van der Waals surface area contributed by atoms with Gasteiger partial charge in [0.05, 0.1) is 11.5 Å². The molecular formula is C16H31N3O4S. The van der Waals surface area contributed by atoms with Gasteiger partial charge in [-0.05, 0) is 44.6 Å². The second-order valence-electron chi connectivity index (χ2n) is 6.87. The first-order valence-electron chi connectivity index (χ1n) is 8.41. The minimum Gasteiger partial charge on any atom is -0.481 e. The summed E-state index contributed by atoms with van der Waals surface area (Å²) in [6, 6.07) is -0.581. The molecule has 1 aliphatic rings. The third-order valence-corrected chi connectivity index (χ3v) is 6.17. The van der Waals surface area contributed by atoms with Crippen molar-refractivity contribution >= 4 is 23.6 Å². The van der Waals surface area contributed by atoms with Crippen LogP contribution in [0.4, 0.5) is 0 Å². The summed E-state index contributed by atoms with van der Waals surface area (Å²) >= 11 is 1.64. The molecule has 8 heteroatoms. The van der Waals surface area contributed by atoms with Crippen molar-refractivity contribution in [2.75, 3.05) is 31.6 Å². The molecular weight excluding hydrogens is 330 g/mol. The van der Waals surface area contributed by atoms with Crippen molar-refractivity contribution in [1.29, 1.82) is 0 Å². The molecule has 1 fully saturated rings. The Balaban J connectivity index is 2.98. The third-order valence-electron chi connectivity index (χ3n) is 5.53. The van der Waals surface area contributed by atoms with Crippen LogP contribution >= 0.6 is 11.8 Å². The Hall–Kier alpha value is -0.830. The number of carbonyl (C=O) groups is 2. The lowest BCUT2D eigenvalue weighted by Crippen LogP contribution is -2.45. The van der Waals surface area contributed by atoms with Gasteiger partial charge in [0.15, 0.2) is 0 Å². The number of carbonyl (C=O) groups excluding carboxylic acids is 1. The van der Waals surface area contributed by atoms with E-state index in [0.717, 1.165) is 5.75 Å². The predicted octanol–water partition coefficient (Wildman–Crippen LogP) is 1.16. The zero-order chi connectivity index (χ0) is 18.4. The van der Waals surface area contributed by atoms with E-state index >= 15 is 0 Å². The van der Waals surface area contributed by atoms with Crippen LogP contribution in [0.3, 0.4) is 0 Å². The lowest BCUT2D eigenvalue weighted by atomic mass is 9.63. The van der Waals surface area contributed by atoms with Crippen LogP contribution in [0.1, 0.15) is 39.5 Å². The molecule has 0 aliphatic carbocycles. The number of likely N-dealkylation sites (tertiary alicyclic amines) is 1. The summed E-state index contributed by atoms with van der Waals surface area (Å²) in [7, 11) is 0. The summed E-state index contributed by atoms with van der Waals surface area (Å²) in [5.41, 5.74) is 6.60. The minimum atomic E-state index is -1.01. The topological polar surface area (TPSA) is 116 Å². The fourth-order valence-corrected chi connectivity index (χ4v) is 4.23. The van der Waals surface area contributed by atoms with Crippen molar-refractivity contribution in [1.82, 2.24) is 10.4 Å². The minimum absolute atomic E-state index is 0.160. The number of hydrogen-bond donors (Lipinski definition) is 4. The quantitative estimate of drug-likeness (QED) is 0.341. The van der Waals surface area contributed by atoms with Gasteiger partial charge in [-0.15, -0.1) is 0 Å². The molecule has 3 atom stereocenters. The van der Waals surface area contributed by atoms with Gasteiger partial charge < -0.3 is 20.9 Å². The molecule has 1 rings (SSSR count). The van der Waals surface area contributed by atoms with Crippen molar-refractivity contribution in [2.45, 2.75) is 45.6 Å². The molecule has 3 unspecified atom stereocenters. The normalized spacial score (nSPS) is 28.1. The number of thioether (sulfide) groups is 1. The number of aliphatic carboxylic acids is 1. The summed E-state index contributed by atoms with van der Waals surface area (Å²) in [6.45, 7) is 4.69. The molecule has 1 amide bonds. The number of carboxylic acid groups (broad SMARTS) is 1. The number of hydrogen-bond acceptors (Lipinski definition) is 6. The first kappa shape index (κ1) is 21.2. The fraction of sp³-hybridized carbons (Fsp3) is 0.875. The zero-order valence-corrected chi connectivity index (χ0v) is 15.7. The van der Waals surface area contributed by atoms with E-state index in [2.05, 4.69) is 5.48 Å². The van der Waals surface area contributed by atoms with Gasteiger partial charge in [0.25, 0.3) is 0 Å². The molecule has 0 aromatic heterocycles. The van der Waals surface area contributed by atoms with Crippen LogP contribution in [0, 0.1) is 10.8 Å². The lowest BCUT2D eigenvalue weighted by Gasteiger charge is -2.39. The van der Waals surface area contributed by atoms with Gasteiger partial charge in [0.1, 0.15) is 0 Å². The monoisotopic (exact) mass is 361 g/mol. The Kier molecular flexibility index (Phi) is 7.98. The Labute approximate surface area is 148 Å². The van der Waals surface area contributed by atoms with Gasteiger partial charge in [-0.2, -0.15) is 11.8 Å². The molecule has 1 saturated heterocycles. The molecule has 24 heavy (non-hydrogen) atoms. The average molecular weight is 362 g/mol. The summed E-state index contributed by atoms with van der Waals surface area (Å²) in [5.74, 6) is -0.237. The van der Waals surface area contributed by atoms with E-state index < -0.39 is 22.8 Å². The summed E-state index contributed by atoms with van der Waals surface area (Å²) in [6.07, 6.45) is 4.49. The number of nitrogens with two attached hydrogens (primary N) is 1. The van der Waals surface area contributed by atoms with Crippen LogP contribution in [-0.4, -0.2) is 64.8 Å². The van der Waals surface area contributed by atoms with Crippen LogP contribution in [0.2, 0.25) is 0 Å². The van der Waals surface area contributed by atoms with Crippen molar-refractivity contribution in [3.05, 3.63) is 0 Å². The van der Waals surface area contributed by atoms with Crippen LogP contribution in [0.25, 0.3) is 0 Å². The molecule has 0 aromatic carbocycles. The molecule has 0 bridgehead atoms. The van der Waals surface area contributed by atoms with Gasteiger partial charge in [-0.3, -0.25) is 9.59 Å². The Morgan fingerprint density at radius 1 is 1.42 bits per heavy atom. The summed E-state index contributed by atoms with van der Waals surface area (Å²) in [4.78, 5) is 26.3. The second kappa shape index (κ2) is 9.03. The van der Waals surface area contributed by atoms with Gasteiger partial charge in [0.2, 0.25) is 5.91 Å². The number of hydroxylamine groups is 1. The molecule has 7 nitrogen and oxygen atoms in total. The SMILES string of the molecule is CCC1(CCCNO)CN(C(=O)C(N)CCSC)CC1(C)C(=O)O. The molecule has 1 aliphatic heterocycles. The number of nitrogens with zero attached hydrogens (tertiary/aromatic N) is 1. The van der Waals surface area contributed by atoms with Crippen LogP contribution in [-0.2, 0) is 9.59 Å². The highest BCUT2D eigenvalue weighted by Gasteiger charge is 2.59. The van der Waals surface area contributed by atoms with Gasteiger partial charge in [0, 0.05) is 25.0 Å². The first-order valence-corrected chi connectivity index (χ1v) is 9.81. The van der Waals surface area contributed by atoms with Crippen LogP contribution < -0.4 is 11.2 Å². The van der Waals surface area contributed by atoms with Crippen LogP contribution in [0.15, 0.2) is 0 Å². The van der Waals surface area contributed by atoms with E-state index in [1.165, 1.54) is 0 Å².